The van der Waals surface area contributed by atoms with Gasteiger partial charge in [0.25, 0.3) is 7.82 Å². The zero-order valence-electron chi connectivity index (χ0n) is 33.5. The Morgan fingerprint density at radius 2 is 1.10 bits per heavy atom. The number of nitrogens with zero attached hydrogens (tertiary/aromatic N) is 1. The molecular weight excluding hydrogens is 659 g/mol. The first kappa shape index (κ1) is 49.5. The summed E-state index contributed by atoms with van der Waals surface area (Å²) in [5.74, 6) is -0.231. The van der Waals surface area contributed by atoms with Crippen LogP contribution in [0.1, 0.15) is 162 Å². The number of hydrogen-bond acceptors (Lipinski definition) is 6. The van der Waals surface area contributed by atoms with Crippen molar-refractivity contribution in [1.29, 1.82) is 0 Å². The molecule has 0 aromatic carbocycles. The molecule has 0 aromatic heterocycles. The molecule has 0 aromatic rings. The van der Waals surface area contributed by atoms with E-state index in [9.17, 15) is 19.4 Å². The van der Waals surface area contributed by atoms with Crippen LogP contribution >= 0.6 is 7.82 Å². The lowest BCUT2D eigenvalue weighted by Crippen LogP contribution is -2.45. The van der Waals surface area contributed by atoms with E-state index in [1.165, 1.54) is 83.5 Å². The van der Waals surface area contributed by atoms with Gasteiger partial charge in [-0.05, 0) is 70.6 Å². The number of phosphoric acid groups is 1. The molecule has 0 saturated heterocycles. The second-order valence-corrected chi connectivity index (χ2v) is 16.4. The maximum atomic E-state index is 12.8. The summed E-state index contributed by atoms with van der Waals surface area (Å²) in [6, 6.07) is -0.915. The van der Waals surface area contributed by atoms with E-state index in [4.69, 9.17) is 9.05 Å². The lowest BCUT2D eigenvalue weighted by atomic mass is 10.1. The van der Waals surface area contributed by atoms with Gasteiger partial charge < -0.3 is 28.8 Å². The highest BCUT2D eigenvalue weighted by molar-refractivity contribution is 7.45. The van der Waals surface area contributed by atoms with Gasteiger partial charge in [-0.2, -0.15) is 0 Å². The van der Waals surface area contributed by atoms with Gasteiger partial charge in [0.2, 0.25) is 5.91 Å². The standard InChI is InChI=1S/C42H79N2O6P/c1-6-8-10-12-14-16-18-20-21-22-24-25-27-29-31-33-35-41(45)40(39-50-51(47,48)49-38-37-44(3,4)5)43-42(46)36-34-32-30-28-26-23-19-17-15-13-11-9-7-2/h20-21,23,25-27,33,35,40-41,45H,6-19,22,24,28-32,34,36-39H2,1-5H3,(H-,43,46,47,48)/b21-20+,26-23-,27-25+,35-33+. The van der Waals surface area contributed by atoms with E-state index in [0.29, 0.717) is 17.4 Å². The third-order valence-corrected chi connectivity index (χ3v) is 9.70. The number of unbranched alkanes of at least 4 members (excludes halogenated alkanes) is 17. The molecule has 0 bridgehead atoms. The highest BCUT2D eigenvalue weighted by atomic mass is 31.2. The molecular formula is C42H79N2O6P. The Kier molecular flexibility index (Phi) is 33.2. The summed E-state index contributed by atoms with van der Waals surface area (Å²) in [4.78, 5) is 25.2. The molecule has 0 rings (SSSR count). The second-order valence-electron chi connectivity index (χ2n) is 15.0. The number of nitrogens with one attached hydrogen (secondary N) is 1. The normalized spacial score (nSPS) is 15.0. The van der Waals surface area contributed by atoms with Gasteiger partial charge in [-0.25, -0.2) is 0 Å². The minimum atomic E-state index is -4.60. The largest absolute Gasteiger partial charge is 0.756 e. The fourth-order valence-electron chi connectivity index (χ4n) is 5.41. The number of phosphoric ester groups is 1. The Morgan fingerprint density at radius 3 is 1.59 bits per heavy atom. The first-order chi connectivity index (χ1) is 24.5. The molecule has 0 saturated carbocycles. The number of aliphatic hydroxyl groups excluding tert-OH is 1. The number of aliphatic hydroxyl groups is 1. The molecule has 2 N–H and O–H groups in total. The molecule has 0 spiro atoms. The molecule has 3 atom stereocenters. The van der Waals surface area contributed by atoms with Gasteiger partial charge in [-0.3, -0.25) is 9.36 Å². The molecule has 0 fully saturated rings. The van der Waals surface area contributed by atoms with Crippen LogP contribution in [-0.2, 0) is 18.4 Å². The Morgan fingerprint density at radius 1 is 0.667 bits per heavy atom. The van der Waals surface area contributed by atoms with Crippen LogP contribution in [0.4, 0.5) is 0 Å². The van der Waals surface area contributed by atoms with Gasteiger partial charge in [-0.1, -0.05) is 133 Å². The lowest BCUT2D eigenvalue weighted by Gasteiger charge is -2.29. The molecule has 8 nitrogen and oxygen atoms in total. The predicted molar refractivity (Wildman–Crippen MR) is 214 cm³/mol. The molecule has 0 aliphatic carbocycles. The van der Waals surface area contributed by atoms with Gasteiger partial charge in [0.05, 0.1) is 39.9 Å². The first-order valence-electron chi connectivity index (χ1n) is 20.5. The van der Waals surface area contributed by atoms with E-state index in [-0.39, 0.29) is 12.5 Å². The minimum Gasteiger partial charge on any atom is -0.756 e. The summed E-state index contributed by atoms with van der Waals surface area (Å²) in [5.41, 5.74) is 0. The van der Waals surface area contributed by atoms with Crippen molar-refractivity contribution in [1.82, 2.24) is 5.32 Å². The van der Waals surface area contributed by atoms with Crippen molar-refractivity contribution in [3.05, 3.63) is 48.6 Å². The fourth-order valence-corrected chi connectivity index (χ4v) is 6.13. The number of amides is 1. The van der Waals surface area contributed by atoms with E-state index in [1.807, 2.05) is 27.2 Å². The Bertz CT molecular complexity index is 975. The van der Waals surface area contributed by atoms with Gasteiger partial charge >= 0.3 is 0 Å². The van der Waals surface area contributed by atoms with Crippen molar-refractivity contribution in [2.45, 2.75) is 174 Å². The zero-order chi connectivity index (χ0) is 37.9. The van der Waals surface area contributed by atoms with Gasteiger partial charge in [0.1, 0.15) is 13.2 Å². The summed E-state index contributed by atoms with van der Waals surface area (Å²) in [5, 5.41) is 13.7. The maximum Gasteiger partial charge on any atom is 0.268 e. The smallest absolute Gasteiger partial charge is 0.268 e. The third kappa shape index (κ3) is 36.6. The number of likely N-dealkylation sites (N-methyl/N-ethyl adjacent to an activating group) is 1. The molecule has 0 aliphatic heterocycles. The van der Waals surface area contributed by atoms with E-state index >= 15 is 0 Å². The fraction of sp³-hybridized carbons (Fsp3) is 0.786. The van der Waals surface area contributed by atoms with Gasteiger partial charge in [0.15, 0.2) is 0 Å². The van der Waals surface area contributed by atoms with Crippen LogP contribution in [-0.4, -0.2) is 68.5 Å². The highest BCUT2D eigenvalue weighted by Crippen LogP contribution is 2.38. The SMILES string of the molecule is CCCCCCCC/C=C\CCCCCC(=O)NC(COP(=O)([O-])OCC[N+](C)(C)C)C(O)/C=C/CC/C=C/CC/C=C/CCCCCCCC. The predicted octanol–water partition coefficient (Wildman–Crippen LogP) is 10.3. The highest BCUT2D eigenvalue weighted by Gasteiger charge is 2.23. The average molecular weight is 739 g/mol. The van der Waals surface area contributed by atoms with Crippen molar-refractivity contribution in [2.75, 3.05) is 40.9 Å². The van der Waals surface area contributed by atoms with Gasteiger partial charge in [-0.15, -0.1) is 0 Å². The molecule has 298 valence electrons. The van der Waals surface area contributed by atoms with Crippen LogP contribution in [0.2, 0.25) is 0 Å². The van der Waals surface area contributed by atoms with E-state index in [2.05, 4.69) is 55.6 Å². The number of carbonyl (C=O) groups is 1. The van der Waals surface area contributed by atoms with Crippen molar-refractivity contribution < 1.29 is 32.9 Å². The van der Waals surface area contributed by atoms with Crippen LogP contribution in [0.25, 0.3) is 0 Å². The molecule has 3 unspecified atom stereocenters. The average Bonchev–Trinajstić information content (AvgIpc) is 3.07. The summed E-state index contributed by atoms with van der Waals surface area (Å²) in [6.45, 7) is 4.56. The van der Waals surface area contributed by atoms with E-state index in [0.717, 1.165) is 57.8 Å². The molecule has 0 radical (unpaired) electrons. The van der Waals surface area contributed by atoms with Crippen LogP contribution in [0, 0.1) is 0 Å². The summed E-state index contributed by atoms with van der Waals surface area (Å²) < 4.78 is 23.1. The molecule has 0 aliphatic rings. The Balaban J connectivity index is 4.62. The monoisotopic (exact) mass is 739 g/mol. The number of hydrogen-bond donors (Lipinski definition) is 2. The molecule has 1 amide bonds. The van der Waals surface area contributed by atoms with Crippen LogP contribution in [0.5, 0.6) is 0 Å². The molecule has 51 heavy (non-hydrogen) atoms. The first-order valence-corrected chi connectivity index (χ1v) is 22.0. The lowest BCUT2D eigenvalue weighted by molar-refractivity contribution is -0.870. The topological polar surface area (TPSA) is 108 Å². The molecule has 9 heteroatoms. The maximum absolute atomic E-state index is 12.8. The number of quaternary nitrogens is 1. The van der Waals surface area contributed by atoms with E-state index < -0.39 is 26.6 Å². The van der Waals surface area contributed by atoms with Crippen molar-refractivity contribution in [2.24, 2.45) is 0 Å². The third-order valence-electron chi connectivity index (χ3n) is 8.74. The summed E-state index contributed by atoms with van der Waals surface area (Å²) in [6.07, 6.45) is 41.6. The Labute approximate surface area is 314 Å². The van der Waals surface area contributed by atoms with Crippen molar-refractivity contribution in [3.63, 3.8) is 0 Å². The van der Waals surface area contributed by atoms with Crippen LogP contribution in [0.15, 0.2) is 48.6 Å². The quantitative estimate of drug-likeness (QED) is 0.0287. The molecule has 0 heterocycles. The van der Waals surface area contributed by atoms with Crippen LogP contribution < -0.4 is 10.2 Å². The van der Waals surface area contributed by atoms with Crippen molar-refractivity contribution >= 4 is 13.7 Å². The summed E-state index contributed by atoms with van der Waals surface area (Å²) in [7, 11) is 1.22. The second kappa shape index (κ2) is 34.2. The van der Waals surface area contributed by atoms with Crippen LogP contribution in [0.3, 0.4) is 0 Å². The van der Waals surface area contributed by atoms with Crippen molar-refractivity contribution in [3.8, 4) is 0 Å². The number of carbonyl (C=O) groups excluding carboxylic acids is 1. The zero-order valence-corrected chi connectivity index (χ0v) is 34.4. The minimum absolute atomic E-state index is 0.0129. The Hall–Kier alpha value is -1.54. The van der Waals surface area contributed by atoms with E-state index in [1.54, 1.807) is 6.08 Å². The number of rotatable bonds is 36. The van der Waals surface area contributed by atoms with Gasteiger partial charge in [0, 0.05) is 6.42 Å². The summed E-state index contributed by atoms with van der Waals surface area (Å²) >= 11 is 0. The number of allylic oxidation sites excluding steroid dienone is 7.